The number of anilines is 1. The van der Waals surface area contributed by atoms with Gasteiger partial charge in [0, 0.05) is 10.6 Å². The van der Waals surface area contributed by atoms with Gasteiger partial charge in [-0.15, -0.1) is 0 Å². The van der Waals surface area contributed by atoms with Crippen LogP contribution in [0, 0.1) is 6.92 Å². The van der Waals surface area contributed by atoms with Crippen molar-refractivity contribution < 1.29 is 14.1 Å². The summed E-state index contributed by atoms with van der Waals surface area (Å²) in [4.78, 5) is 31.3. The van der Waals surface area contributed by atoms with Crippen molar-refractivity contribution in [3.63, 3.8) is 0 Å². The molecule has 1 saturated heterocycles. The van der Waals surface area contributed by atoms with Gasteiger partial charge in [-0.3, -0.25) is 14.6 Å². The second kappa shape index (κ2) is 7.03. The van der Waals surface area contributed by atoms with E-state index in [4.69, 9.17) is 16.1 Å². The van der Waals surface area contributed by atoms with E-state index in [0.29, 0.717) is 16.5 Å². The van der Waals surface area contributed by atoms with Crippen LogP contribution in [0.15, 0.2) is 63.4 Å². The SMILES string of the molecule is Cc1ccccc1-c1noc(CN2N=NC3C(=O)N(c4cccc(Cl)c4)C(=O)C32)n1. The molecule has 0 bridgehead atoms. The largest absolute Gasteiger partial charge is 0.337 e. The van der Waals surface area contributed by atoms with Gasteiger partial charge in [-0.05, 0) is 30.7 Å². The minimum atomic E-state index is -0.907. The number of imide groups is 1. The molecule has 9 nitrogen and oxygen atoms in total. The molecule has 0 N–H and O–H groups in total. The maximum Gasteiger partial charge on any atom is 0.263 e. The van der Waals surface area contributed by atoms with Crippen molar-refractivity contribution in [3.05, 3.63) is 65.0 Å². The van der Waals surface area contributed by atoms with Crippen LogP contribution in [-0.2, 0) is 16.1 Å². The van der Waals surface area contributed by atoms with Gasteiger partial charge in [0.2, 0.25) is 11.7 Å². The fourth-order valence-corrected chi connectivity index (χ4v) is 3.80. The second-order valence-electron chi connectivity index (χ2n) is 7.01. The Bertz CT molecular complexity index is 1190. The quantitative estimate of drug-likeness (QED) is 0.598. The van der Waals surface area contributed by atoms with Crippen molar-refractivity contribution in [1.82, 2.24) is 15.1 Å². The third-order valence-electron chi connectivity index (χ3n) is 5.08. The number of amides is 2. The van der Waals surface area contributed by atoms with Crippen LogP contribution < -0.4 is 4.90 Å². The van der Waals surface area contributed by atoms with Gasteiger partial charge in [-0.1, -0.05) is 52.3 Å². The third kappa shape index (κ3) is 2.94. The zero-order chi connectivity index (χ0) is 20.8. The van der Waals surface area contributed by atoms with E-state index in [1.54, 1.807) is 24.3 Å². The molecule has 2 aliphatic heterocycles. The summed E-state index contributed by atoms with van der Waals surface area (Å²) in [5.74, 6) is -0.139. The van der Waals surface area contributed by atoms with Crippen LogP contribution in [0.4, 0.5) is 5.69 Å². The van der Waals surface area contributed by atoms with Crippen molar-refractivity contribution in [2.75, 3.05) is 4.90 Å². The molecule has 1 aromatic heterocycles. The Kier molecular flexibility index (Phi) is 4.32. The number of aryl methyl sites for hydroxylation is 1. The number of benzene rings is 2. The van der Waals surface area contributed by atoms with Crippen LogP contribution in [0.3, 0.4) is 0 Å². The van der Waals surface area contributed by atoms with Crippen LogP contribution in [0.25, 0.3) is 11.4 Å². The fourth-order valence-electron chi connectivity index (χ4n) is 3.61. The molecular weight excluding hydrogens is 408 g/mol. The average Bonchev–Trinajstić information content (AvgIpc) is 3.41. The van der Waals surface area contributed by atoms with E-state index in [1.807, 2.05) is 31.2 Å². The number of rotatable bonds is 4. The Morgan fingerprint density at radius 2 is 1.93 bits per heavy atom. The van der Waals surface area contributed by atoms with Crippen LogP contribution in [0.5, 0.6) is 0 Å². The third-order valence-corrected chi connectivity index (χ3v) is 5.31. The summed E-state index contributed by atoms with van der Waals surface area (Å²) in [7, 11) is 0. The highest BCUT2D eigenvalue weighted by molar-refractivity contribution is 6.31. The zero-order valence-electron chi connectivity index (χ0n) is 15.8. The standard InChI is InChI=1S/C20H15ClN6O3/c1-11-5-2-3-8-14(11)18-22-15(30-24-18)10-26-17-16(23-25-26)19(28)27(20(17)29)13-7-4-6-12(21)9-13/h2-9,16-17H,10H2,1H3. The maximum absolute atomic E-state index is 13.0. The molecule has 2 unspecified atom stereocenters. The van der Waals surface area contributed by atoms with Gasteiger partial charge in [-0.25, -0.2) is 4.90 Å². The number of nitrogens with zero attached hydrogens (tertiary/aromatic N) is 6. The van der Waals surface area contributed by atoms with Crippen molar-refractivity contribution in [1.29, 1.82) is 0 Å². The second-order valence-corrected chi connectivity index (χ2v) is 7.45. The first kappa shape index (κ1) is 18.4. The number of carbonyl (C=O) groups is 2. The van der Waals surface area contributed by atoms with Gasteiger partial charge in [0.1, 0.15) is 6.54 Å². The fraction of sp³-hybridized carbons (Fsp3) is 0.200. The minimum absolute atomic E-state index is 0.0615. The lowest BCUT2D eigenvalue weighted by Gasteiger charge is -2.19. The van der Waals surface area contributed by atoms with E-state index in [9.17, 15) is 9.59 Å². The summed E-state index contributed by atoms with van der Waals surface area (Å²) >= 11 is 6.01. The molecule has 2 atom stereocenters. The first-order valence-electron chi connectivity index (χ1n) is 9.22. The molecule has 0 saturated carbocycles. The smallest absolute Gasteiger partial charge is 0.263 e. The number of hydrogen-bond donors (Lipinski definition) is 0. The predicted molar refractivity (Wildman–Crippen MR) is 106 cm³/mol. The van der Waals surface area contributed by atoms with Crippen LogP contribution in [-0.4, -0.2) is 39.0 Å². The van der Waals surface area contributed by atoms with E-state index in [-0.39, 0.29) is 12.4 Å². The number of aromatic nitrogens is 2. The van der Waals surface area contributed by atoms with Crippen LogP contribution >= 0.6 is 11.6 Å². The van der Waals surface area contributed by atoms with Crippen molar-refractivity contribution in [2.24, 2.45) is 10.3 Å². The highest BCUT2D eigenvalue weighted by atomic mass is 35.5. The highest BCUT2D eigenvalue weighted by Gasteiger charge is 2.55. The lowest BCUT2D eigenvalue weighted by Crippen LogP contribution is -2.39. The lowest BCUT2D eigenvalue weighted by atomic mass is 10.1. The summed E-state index contributed by atoms with van der Waals surface area (Å²) in [6.45, 7) is 2.02. The molecule has 2 aliphatic rings. The summed E-state index contributed by atoms with van der Waals surface area (Å²) in [5, 5.41) is 13.9. The van der Waals surface area contributed by atoms with Crippen molar-refractivity contribution in [3.8, 4) is 11.4 Å². The summed E-state index contributed by atoms with van der Waals surface area (Å²) in [6.07, 6.45) is 0. The molecule has 3 heterocycles. The molecule has 10 heteroatoms. The number of halogens is 1. The average molecular weight is 423 g/mol. The highest BCUT2D eigenvalue weighted by Crippen LogP contribution is 2.33. The molecule has 2 amide bonds. The van der Waals surface area contributed by atoms with Gasteiger partial charge in [0.05, 0.1) is 5.69 Å². The van der Waals surface area contributed by atoms with Gasteiger partial charge >= 0.3 is 0 Å². The van der Waals surface area contributed by atoms with Crippen molar-refractivity contribution >= 4 is 29.1 Å². The van der Waals surface area contributed by atoms with Gasteiger partial charge in [0.15, 0.2) is 12.1 Å². The monoisotopic (exact) mass is 422 g/mol. The summed E-state index contributed by atoms with van der Waals surface area (Å²) in [5.41, 5.74) is 2.27. The van der Waals surface area contributed by atoms with Gasteiger partial charge in [-0.2, -0.15) is 10.1 Å². The minimum Gasteiger partial charge on any atom is -0.337 e. The summed E-state index contributed by atoms with van der Waals surface area (Å²) in [6, 6.07) is 12.5. The number of fused-ring (bicyclic) bond motifs is 1. The van der Waals surface area contributed by atoms with E-state index in [0.717, 1.165) is 16.0 Å². The maximum atomic E-state index is 13.0. The Morgan fingerprint density at radius 1 is 1.10 bits per heavy atom. The number of carbonyl (C=O) groups excluding carboxylic acids is 2. The molecule has 0 spiro atoms. The zero-order valence-corrected chi connectivity index (χ0v) is 16.5. The molecule has 3 aromatic rings. The normalized spacial score (nSPS) is 20.3. The lowest BCUT2D eigenvalue weighted by molar-refractivity contribution is -0.123. The summed E-state index contributed by atoms with van der Waals surface area (Å²) < 4.78 is 5.34. The predicted octanol–water partition coefficient (Wildman–Crippen LogP) is 3.19. The van der Waals surface area contributed by atoms with E-state index >= 15 is 0 Å². The van der Waals surface area contributed by atoms with Gasteiger partial charge < -0.3 is 4.52 Å². The van der Waals surface area contributed by atoms with E-state index < -0.39 is 23.9 Å². The molecule has 1 fully saturated rings. The number of hydrogen-bond acceptors (Lipinski definition) is 8. The van der Waals surface area contributed by atoms with Crippen LogP contribution in [0.2, 0.25) is 5.02 Å². The molecule has 5 rings (SSSR count). The molecule has 150 valence electrons. The van der Waals surface area contributed by atoms with E-state index in [2.05, 4.69) is 20.5 Å². The van der Waals surface area contributed by atoms with Crippen LogP contribution in [0.1, 0.15) is 11.5 Å². The molecule has 0 radical (unpaired) electrons. The Morgan fingerprint density at radius 3 is 2.73 bits per heavy atom. The Labute approximate surface area is 175 Å². The first-order valence-corrected chi connectivity index (χ1v) is 9.60. The van der Waals surface area contributed by atoms with Crippen molar-refractivity contribution in [2.45, 2.75) is 25.6 Å². The first-order chi connectivity index (χ1) is 14.5. The van der Waals surface area contributed by atoms with E-state index in [1.165, 1.54) is 5.01 Å². The molecular formula is C20H15ClN6O3. The molecule has 0 aliphatic carbocycles. The Hall–Kier alpha value is -3.59. The topological polar surface area (TPSA) is 104 Å². The Balaban J connectivity index is 1.38. The van der Waals surface area contributed by atoms with Gasteiger partial charge in [0.25, 0.3) is 11.8 Å². The molecule has 30 heavy (non-hydrogen) atoms. The molecule has 2 aromatic carbocycles.